The van der Waals surface area contributed by atoms with Gasteiger partial charge >= 0.3 is 5.97 Å². The van der Waals surface area contributed by atoms with Gasteiger partial charge < -0.3 is 10.2 Å². The molecule has 0 amide bonds. The van der Waals surface area contributed by atoms with Crippen molar-refractivity contribution in [1.82, 2.24) is 0 Å². The van der Waals surface area contributed by atoms with Gasteiger partial charge in [0.05, 0.1) is 22.2 Å². The molecule has 2 N–H and O–H groups in total. The Kier molecular flexibility index (Phi) is 4.15. The summed E-state index contributed by atoms with van der Waals surface area (Å²) in [5.41, 5.74) is -1.32. The molecule has 0 atom stereocenters. The van der Waals surface area contributed by atoms with E-state index in [0.29, 0.717) is 12.8 Å². The third-order valence-corrected chi connectivity index (χ3v) is 5.73. The second kappa shape index (κ2) is 5.54. The van der Waals surface area contributed by atoms with E-state index in [4.69, 9.17) is 5.11 Å². The lowest BCUT2D eigenvalue weighted by Gasteiger charge is -2.34. The third-order valence-electron chi connectivity index (χ3n) is 3.83. The zero-order valence-corrected chi connectivity index (χ0v) is 11.8. The Balaban J connectivity index is 2.08. The van der Waals surface area contributed by atoms with Crippen molar-refractivity contribution in [3.05, 3.63) is 30.3 Å². The van der Waals surface area contributed by atoms with Crippen LogP contribution < -0.4 is 0 Å². The van der Waals surface area contributed by atoms with E-state index in [-0.39, 0.29) is 23.5 Å². The zero-order chi connectivity index (χ0) is 14.8. The molecule has 2 rings (SSSR count). The van der Waals surface area contributed by atoms with Crippen LogP contribution in [0.3, 0.4) is 0 Å². The van der Waals surface area contributed by atoms with Crippen molar-refractivity contribution in [2.45, 2.75) is 36.2 Å². The van der Waals surface area contributed by atoms with Gasteiger partial charge in [-0.15, -0.1) is 0 Å². The van der Waals surface area contributed by atoms with E-state index in [2.05, 4.69) is 0 Å². The van der Waals surface area contributed by atoms with Crippen LogP contribution >= 0.6 is 0 Å². The monoisotopic (exact) mass is 298 g/mol. The van der Waals surface area contributed by atoms with Crippen LogP contribution in [0.2, 0.25) is 0 Å². The van der Waals surface area contributed by atoms with E-state index >= 15 is 0 Å². The van der Waals surface area contributed by atoms with Gasteiger partial charge in [0.2, 0.25) is 0 Å². The van der Waals surface area contributed by atoms with Crippen LogP contribution in [0.5, 0.6) is 0 Å². The Morgan fingerprint density at radius 3 is 2.25 bits per heavy atom. The Labute approximate surface area is 118 Å². The number of aliphatic carboxylic acids is 1. The van der Waals surface area contributed by atoms with Crippen LogP contribution in [-0.2, 0) is 14.6 Å². The average Bonchev–Trinajstić information content (AvgIpc) is 2.39. The van der Waals surface area contributed by atoms with E-state index in [1.807, 2.05) is 0 Å². The van der Waals surface area contributed by atoms with Gasteiger partial charge in [-0.2, -0.15) is 0 Å². The van der Waals surface area contributed by atoms with E-state index in [9.17, 15) is 18.3 Å². The molecule has 1 aliphatic rings. The minimum absolute atomic E-state index is 0.189. The molecule has 5 nitrogen and oxygen atoms in total. The molecule has 1 aromatic carbocycles. The number of carboxylic acids is 1. The van der Waals surface area contributed by atoms with Crippen molar-refractivity contribution < 1.29 is 23.4 Å². The first kappa shape index (κ1) is 15.0. The van der Waals surface area contributed by atoms with Crippen LogP contribution in [0.4, 0.5) is 0 Å². The normalized spacial score (nSPS) is 27.1. The molecule has 0 unspecified atom stereocenters. The van der Waals surface area contributed by atoms with Crippen molar-refractivity contribution in [3.8, 4) is 0 Å². The first-order valence-electron chi connectivity index (χ1n) is 6.55. The zero-order valence-electron chi connectivity index (χ0n) is 11.0. The summed E-state index contributed by atoms with van der Waals surface area (Å²) in [7, 11) is -3.55. The number of carbonyl (C=O) groups is 1. The van der Waals surface area contributed by atoms with Crippen molar-refractivity contribution in [2.24, 2.45) is 5.92 Å². The number of sulfone groups is 1. The molecular weight excluding hydrogens is 280 g/mol. The van der Waals surface area contributed by atoms with Crippen molar-refractivity contribution in [2.75, 3.05) is 5.75 Å². The van der Waals surface area contributed by atoms with Crippen LogP contribution in [0, 0.1) is 5.92 Å². The summed E-state index contributed by atoms with van der Waals surface area (Å²) in [6.45, 7) is 0. The second-order valence-electron chi connectivity index (χ2n) is 5.41. The first-order valence-corrected chi connectivity index (χ1v) is 8.21. The lowest BCUT2D eigenvalue weighted by Crippen LogP contribution is -2.42. The molecule has 0 spiro atoms. The summed E-state index contributed by atoms with van der Waals surface area (Å²) in [5, 5.41) is 19.3. The predicted octanol–water partition coefficient (Wildman–Crippen LogP) is 1.47. The minimum atomic E-state index is -3.55. The number of aliphatic hydroxyl groups is 1. The van der Waals surface area contributed by atoms with Crippen LogP contribution in [-0.4, -0.2) is 36.0 Å². The summed E-state index contributed by atoms with van der Waals surface area (Å²) in [6.07, 6.45) is 1.04. The number of hydrogen-bond acceptors (Lipinski definition) is 4. The topological polar surface area (TPSA) is 91.7 Å². The highest BCUT2D eigenvalue weighted by Crippen LogP contribution is 2.34. The number of carboxylic acid groups (broad SMARTS) is 1. The standard InChI is InChI=1S/C14H18O5S/c15-13(16)11-6-8-14(17,9-7-11)10-20(18,19)12-4-2-1-3-5-12/h1-5,11,17H,6-10H2,(H,15,16). The molecule has 110 valence electrons. The van der Waals surface area contributed by atoms with E-state index in [0.717, 1.165) is 0 Å². The van der Waals surface area contributed by atoms with Gasteiger partial charge in [-0.3, -0.25) is 4.79 Å². The fourth-order valence-corrected chi connectivity index (χ4v) is 4.35. The Morgan fingerprint density at radius 1 is 1.20 bits per heavy atom. The highest BCUT2D eigenvalue weighted by atomic mass is 32.2. The van der Waals surface area contributed by atoms with Gasteiger partial charge in [-0.25, -0.2) is 8.42 Å². The maximum Gasteiger partial charge on any atom is 0.306 e. The van der Waals surface area contributed by atoms with Gasteiger partial charge in [0.15, 0.2) is 9.84 Å². The molecule has 20 heavy (non-hydrogen) atoms. The minimum Gasteiger partial charge on any atom is -0.481 e. The van der Waals surface area contributed by atoms with Gasteiger partial charge in [-0.05, 0) is 37.8 Å². The molecule has 0 saturated heterocycles. The molecule has 1 fully saturated rings. The lowest BCUT2D eigenvalue weighted by molar-refractivity contribution is -0.144. The summed E-state index contributed by atoms with van der Waals surface area (Å²) >= 11 is 0. The smallest absolute Gasteiger partial charge is 0.306 e. The van der Waals surface area contributed by atoms with E-state index < -0.39 is 27.3 Å². The van der Waals surface area contributed by atoms with Crippen LogP contribution in [0.15, 0.2) is 35.2 Å². The summed E-state index contributed by atoms with van der Waals surface area (Å²) < 4.78 is 24.5. The molecule has 1 aromatic rings. The molecule has 0 radical (unpaired) electrons. The molecule has 0 aromatic heterocycles. The molecule has 6 heteroatoms. The molecule has 0 bridgehead atoms. The molecule has 1 aliphatic carbocycles. The lowest BCUT2D eigenvalue weighted by atomic mass is 9.80. The van der Waals surface area contributed by atoms with E-state index in [1.165, 1.54) is 12.1 Å². The molecule has 0 aliphatic heterocycles. The van der Waals surface area contributed by atoms with Gasteiger partial charge in [-0.1, -0.05) is 18.2 Å². The number of rotatable bonds is 4. The van der Waals surface area contributed by atoms with Crippen molar-refractivity contribution >= 4 is 15.8 Å². The summed E-state index contributed by atoms with van der Waals surface area (Å²) in [6, 6.07) is 8.01. The maximum absolute atomic E-state index is 12.2. The SMILES string of the molecule is O=C(O)C1CCC(O)(CS(=O)(=O)c2ccccc2)CC1. The summed E-state index contributed by atoms with van der Waals surface area (Å²) in [4.78, 5) is 11.1. The number of hydrogen-bond donors (Lipinski definition) is 2. The van der Waals surface area contributed by atoms with Crippen LogP contribution in [0.25, 0.3) is 0 Å². The first-order chi connectivity index (χ1) is 9.32. The Bertz CT molecular complexity index is 571. The second-order valence-corrected chi connectivity index (χ2v) is 7.40. The number of benzene rings is 1. The summed E-state index contributed by atoms with van der Waals surface area (Å²) in [5.74, 6) is -1.70. The fourth-order valence-electron chi connectivity index (χ4n) is 2.61. The van der Waals surface area contributed by atoms with E-state index in [1.54, 1.807) is 18.2 Å². The maximum atomic E-state index is 12.2. The highest BCUT2D eigenvalue weighted by Gasteiger charge is 2.39. The van der Waals surface area contributed by atoms with Crippen molar-refractivity contribution in [1.29, 1.82) is 0 Å². The largest absolute Gasteiger partial charge is 0.481 e. The average molecular weight is 298 g/mol. The van der Waals surface area contributed by atoms with Gasteiger partial charge in [0.25, 0.3) is 0 Å². The molecule has 1 saturated carbocycles. The van der Waals surface area contributed by atoms with Crippen molar-refractivity contribution in [3.63, 3.8) is 0 Å². The third kappa shape index (κ3) is 3.37. The van der Waals surface area contributed by atoms with Gasteiger partial charge in [0, 0.05) is 0 Å². The molecular formula is C14H18O5S. The highest BCUT2D eigenvalue weighted by molar-refractivity contribution is 7.91. The van der Waals surface area contributed by atoms with Crippen LogP contribution in [0.1, 0.15) is 25.7 Å². The van der Waals surface area contributed by atoms with Gasteiger partial charge in [0.1, 0.15) is 0 Å². The quantitative estimate of drug-likeness (QED) is 0.878. The fraction of sp³-hybridized carbons (Fsp3) is 0.500. The molecule has 0 heterocycles. The Hall–Kier alpha value is -1.40. The predicted molar refractivity (Wildman–Crippen MR) is 73.0 cm³/mol. The Morgan fingerprint density at radius 2 is 1.75 bits per heavy atom.